The first-order chi connectivity index (χ1) is 13.6. The topological polar surface area (TPSA) is 35.5 Å². The molecule has 0 aliphatic heterocycles. The summed E-state index contributed by atoms with van der Waals surface area (Å²) in [5.41, 5.74) is 2.42. The van der Waals surface area contributed by atoms with E-state index in [0.29, 0.717) is 22.9 Å². The van der Waals surface area contributed by atoms with E-state index in [9.17, 15) is 4.79 Å². The van der Waals surface area contributed by atoms with E-state index in [1.54, 1.807) is 43.5 Å². The number of carbonyl (C=O) groups excluding carboxylic acids is 1. The summed E-state index contributed by atoms with van der Waals surface area (Å²) in [5, 5.41) is 0.676. The van der Waals surface area contributed by atoms with E-state index in [-0.39, 0.29) is 5.78 Å². The Morgan fingerprint density at radius 1 is 1.07 bits per heavy atom. The summed E-state index contributed by atoms with van der Waals surface area (Å²) in [5.74, 6) is 1.35. The van der Waals surface area contributed by atoms with Crippen molar-refractivity contribution in [3.8, 4) is 11.5 Å². The van der Waals surface area contributed by atoms with Crippen LogP contribution < -0.4 is 9.47 Å². The quantitative estimate of drug-likeness (QED) is 0.297. The van der Waals surface area contributed by atoms with Crippen molar-refractivity contribution in [3.05, 3.63) is 99.0 Å². The standard InChI is InChI=1S/C23H18BrClO3/c1-27-19-10-8-17(9-11-19)22(26)12-6-16-7-13-23(20(24)14-16)28-15-18-4-2-3-5-21(18)25/h2-14H,15H2,1H3/b12-6+. The molecule has 0 amide bonds. The van der Waals surface area contributed by atoms with Crippen LogP contribution in [0.15, 0.2) is 77.3 Å². The van der Waals surface area contributed by atoms with E-state index in [4.69, 9.17) is 21.1 Å². The van der Waals surface area contributed by atoms with E-state index in [0.717, 1.165) is 21.3 Å². The van der Waals surface area contributed by atoms with Crippen LogP contribution in [0.5, 0.6) is 11.5 Å². The molecule has 0 aromatic heterocycles. The van der Waals surface area contributed by atoms with Crippen molar-refractivity contribution in [2.75, 3.05) is 7.11 Å². The largest absolute Gasteiger partial charge is 0.497 e. The summed E-state index contributed by atoms with van der Waals surface area (Å²) in [6.45, 7) is 0.378. The van der Waals surface area contributed by atoms with Gasteiger partial charge in [-0.2, -0.15) is 0 Å². The lowest BCUT2D eigenvalue weighted by atomic mass is 10.1. The van der Waals surface area contributed by atoms with E-state index in [1.807, 2.05) is 42.5 Å². The van der Waals surface area contributed by atoms with Gasteiger partial charge in [-0.25, -0.2) is 0 Å². The number of ketones is 1. The fourth-order valence-corrected chi connectivity index (χ4v) is 3.23. The second-order valence-corrected chi connectivity index (χ2v) is 7.26. The highest BCUT2D eigenvalue weighted by atomic mass is 79.9. The van der Waals surface area contributed by atoms with Gasteiger partial charge in [0.1, 0.15) is 18.1 Å². The highest BCUT2D eigenvalue weighted by Gasteiger charge is 2.06. The molecule has 3 aromatic carbocycles. The predicted octanol–water partition coefficient (Wildman–Crippen LogP) is 6.59. The molecule has 5 heteroatoms. The van der Waals surface area contributed by atoms with E-state index in [2.05, 4.69) is 15.9 Å². The Kier molecular flexibility index (Phi) is 6.90. The minimum Gasteiger partial charge on any atom is -0.497 e. The molecule has 3 nitrogen and oxygen atoms in total. The van der Waals surface area contributed by atoms with Gasteiger partial charge < -0.3 is 9.47 Å². The second kappa shape index (κ2) is 9.58. The molecular weight excluding hydrogens is 440 g/mol. The molecule has 0 saturated carbocycles. The third kappa shape index (κ3) is 5.24. The molecule has 0 heterocycles. The number of hydrogen-bond donors (Lipinski definition) is 0. The van der Waals surface area contributed by atoms with Gasteiger partial charge in [0.15, 0.2) is 5.78 Å². The Balaban J connectivity index is 1.65. The van der Waals surface area contributed by atoms with Crippen LogP contribution in [-0.4, -0.2) is 12.9 Å². The maximum absolute atomic E-state index is 12.3. The summed E-state index contributed by atoms with van der Waals surface area (Å²) < 4.78 is 11.7. The molecular formula is C23H18BrClO3. The number of benzene rings is 3. The van der Waals surface area contributed by atoms with Crippen LogP contribution in [0.3, 0.4) is 0 Å². The van der Waals surface area contributed by atoms with Gasteiger partial charge in [-0.1, -0.05) is 41.9 Å². The summed E-state index contributed by atoms with van der Waals surface area (Å²) in [6.07, 6.45) is 3.32. The van der Waals surface area contributed by atoms with Gasteiger partial charge >= 0.3 is 0 Å². The zero-order chi connectivity index (χ0) is 19.9. The van der Waals surface area contributed by atoms with Crippen molar-refractivity contribution in [1.82, 2.24) is 0 Å². The van der Waals surface area contributed by atoms with E-state index >= 15 is 0 Å². The minimum absolute atomic E-state index is 0.0715. The van der Waals surface area contributed by atoms with Crippen LogP contribution in [0.4, 0.5) is 0 Å². The predicted molar refractivity (Wildman–Crippen MR) is 116 cm³/mol. The van der Waals surface area contributed by atoms with Gasteiger partial charge in [-0.15, -0.1) is 0 Å². The van der Waals surface area contributed by atoms with Gasteiger partial charge in [-0.05, 0) is 70.0 Å². The smallest absolute Gasteiger partial charge is 0.185 e. The fraction of sp³-hybridized carbons (Fsp3) is 0.0870. The molecule has 0 unspecified atom stereocenters. The van der Waals surface area contributed by atoms with Crippen LogP contribution in [0.25, 0.3) is 6.08 Å². The summed E-state index contributed by atoms with van der Waals surface area (Å²) in [7, 11) is 1.59. The second-order valence-electron chi connectivity index (χ2n) is 6.00. The molecule has 0 aliphatic rings. The Morgan fingerprint density at radius 3 is 2.50 bits per heavy atom. The minimum atomic E-state index is -0.0715. The number of methoxy groups -OCH3 is 1. The number of hydrogen-bond acceptors (Lipinski definition) is 3. The van der Waals surface area contributed by atoms with Crippen molar-refractivity contribution in [2.45, 2.75) is 6.61 Å². The lowest BCUT2D eigenvalue weighted by Gasteiger charge is -2.10. The lowest BCUT2D eigenvalue weighted by Crippen LogP contribution is -1.97. The van der Waals surface area contributed by atoms with Gasteiger partial charge in [0.2, 0.25) is 0 Å². The highest BCUT2D eigenvalue weighted by molar-refractivity contribution is 9.10. The molecule has 0 atom stereocenters. The van der Waals surface area contributed by atoms with E-state index < -0.39 is 0 Å². The van der Waals surface area contributed by atoms with Crippen LogP contribution in [-0.2, 0) is 6.61 Å². The molecule has 0 aliphatic carbocycles. The first-order valence-corrected chi connectivity index (χ1v) is 9.76. The Hall–Kier alpha value is -2.56. The Bertz CT molecular complexity index is 997. The third-order valence-electron chi connectivity index (χ3n) is 4.10. The number of ether oxygens (including phenoxy) is 2. The first kappa shape index (κ1) is 20.2. The van der Waals surface area contributed by atoms with Gasteiger partial charge in [0, 0.05) is 16.1 Å². The zero-order valence-electron chi connectivity index (χ0n) is 15.2. The maximum atomic E-state index is 12.3. The first-order valence-electron chi connectivity index (χ1n) is 8.59. The zero-order valence-corrected chi connectivity index (χ0v) is 17.5. The molecule has 0 radical (unpaired) electrons. The summed E-state index contributed by atoms with van der Waals surface area (Å²) in [6, 6.07) is 20.2. The SMILES string of the molecule is COc1ccc(C(=O)/C=C/c2ccc(OCc3ccccc3Cl)c(Br)c2)cc1. The number of halogens is 2. The third-order valence-corrected chi connectivity index (χ3v) is 5.09. The highest BCUT2D eigenvalue weighted by Crippen LogP contribution is 2.28. The van der Waals surface area contributed by atoms with Crippen LogP contribution in [0, 0.1) is 0 Å². The summed E-state index contributed by atoms with van der Waals surface area (Å²) in [4.78, 5) is 12.3. The van der Waals surface area contributed by atoms with Crippen molar-refractivity contribution in [3.63, 3.8) is 0 Å². The molecule has 142 valence electrons. The molecule has 28 heavy (non-hydrogen) atoms. The molecule has 0 bridgehead atoms. The van der Waals surface area contributed by atoms with Crippen molar-refractivity contribution >= 4 is 39.4 Å². The Morgan fingerprint density at radius 2 is 1.82 bits per heavy atom. The van der Waals surface area contributed by atoms with Crippen LogP contribution >= 0.6 is 27.5 Å². The molecule has 3 rings (SSSR count). The molecule has 0 saturated heterocycles. The van der Waals surface area contributed by atoms with Crippen molar-refractivity contribution in [1.29, 1.82) is 0 Å². The molecule has 0 spiro atoms. The average molecular weight is 458 g/mol. The normalized spacial score (nSPS) is 10.8. The number of rotatable bonds is 7. The van der Waals surface area contributed by atoms with Crippen LogP contribution in [0.1, 0.15) is 21.5 Å². The lowest BCUT2D eigenvalue weighted by molar-refractivity contribution is 0.104. The van der Waals surface area contributed by atoms with Gasteiger partial charge in [0.25, 0.3) is 0 Å². The van der Waals surface area contributed by atoms with Crippen LogP contribution in [0.2, 0.25) is 5.02 Å². The summed E-state index contributed by atoms with van der Waals surface area (Å²) >= 11 is 9.67. The van der Waals surface area contributed by atoms with Gasteiger partial charge in [-0.3, -0.25) is 4.79 Å². The van der Waals surface area contributed by atoms with Crippen molar-refractivity contribution in [2.24, 2.45) is 0 Å². The maximum Gasteiger partial charge on any atom is 0.185 e. The number of allylic oxidation sites excluding steroid dienone is 1. The number of carbonyl (C=O) groups is 1. The monoisotopic (exact) mass is 456 g/mol. The Labute approximate surface area is 177 Å². The fourth-order valence-electron chi connectivity index (χ4n) is 2.53. The molecule has 0 fully saturated rings. The average Bonchev–Trinajstić information content (AvgIpc) is 2.72. The van der Waals surface area contributed by atoms with Gasteiger partial charge in [0.05, 0.1) is 11.6 Å². The van der Waals surface area contributed by atoms with E-state index in [1.165, 1.54) is 0 Å². The molecule has 3 aromatic rings. The van der Waals surface area contributed by atoms with Crippen molar-refractivity contribution < 1.29 is 14.3 Å². The molecule has 0 N–H and O–H groups in total.